The van der Waals surface area contributed by atoms with Crippen molar-refractivity contribution in [1.82, 2.24) is 4.57 Å². The summed E-state index contributed by atoms with van der Waals surface area (Å²) in [6.07, 6.45) is 0.928. The van der Waals surface area contributed by atoms with Gasteiger partial charge in [0.1, 0.15) is 5.82 Å². The number of nitrogens with zero attached hydrogens (tertiary/aromatic N) is 2. The third-order valence-corrected chi connectivity index (χ3v) is 2.66. The second-order valence-electron chi connectivity index (χ2n) is 3.83. The van der Waals surface area contributed by atoms with E-state index in [-0.39, 0.29) is 0 Å². The Morgan fingerprint density at radius 3 is 2.53 bits per heavy atom. The summed E-state index contributed by atoms with van der Waals surface area (Å²) < 4.78 is 2.04. The Balaban J connectivity index is 2.90. The van der Waals surface area contributed by atoms with Crippen LogP contribution in [0.25, 0.3) is 10.9 Å². The van der Waals surface area contributed by atoms with E-state index >= 15 is 0 Å². The van der Waals surface area contributed by atoms with Gasteiger partial charge in [-0.1, -0.05) is 18.2 Å². The molecule has 0 aliphatic heterocycles. The number of para-hydroxylation sites is 1. The van der Waals surface area contributed by atoms with Gasteiger partial charge in [-0.2, -0.15) is 0 Å². The molecule has 0 radical (unpaired) electrons. The number of rotatable bonds is 2. The number of carbonyl (C=O) groups is 1. The minimum absolute atomic E-state index is 0.762. The van der Waals surface area contributed by atoms with Gasteiger partial charge in [0.05, 0.1) is 11.1 Å². The molecule has 0 unspecified atom stereocenters. The number of aldehydes is 1. The molecule has 0 amide bonds. The Morgan fingerprint density at radius 1 is 1.27 bits per heavy atom. The molecule has 0 fully saturated rings. The predicted octanol–water partition coefficient (Wildman–Crippen LogP) is 2.06. The van der Waals surface area contributed by atoms with E-state index in [1.807, 2.05) is 54.9 Å². The first-order valence-electron chi connectivity index (χ1n) is 4.86. The summed E-state index contributed by atoms with van der Waals surface area (Å²) in [6.45, 7) is 0. The van der Waals surface area contributed by atoms with Crippen molar-refractivity contribution in [1.29, 1.82) is 0 Å². The molecule has 78 valence electrons. The molecular formula is C12H14N2O. The number of hydrogen-bond acceptors (Lipinski definition) is 2. The normalized spacial score (nSPS) is 10.6. The molecular weight excluding hydrogens is 188 g/mol. The first kappa shape index (κ1) is 9.77. The molecule has 2 aromatic rings. The molecule has 0 aliphatic rings. The van der Waals surface area contributed by atoms with E-state index in [2.05, 4.69) is 0 Å². The Labute approximate surface area is 88.9 Å². The van der Waals surface area contributed by atoms with Crippen molar-refractivity contribution in [3.05, 3.63) is 29.8 Å². The highest BCUT2D eigenvalue weighted by atomic mass is 16.1. The third kappa shape index (κ3) is 1.31. The molecule has 0 saturated heterocycles. The van der Waals surface area contributed by atoms with E-state index in [0.717, 1.165) is 28.6 Å². The fourth-order valence-corrected chi connectivity index (χ4v) is 2.07. The minimum atomic E-state index is 0.762. The van der Waals surface area contributed by atoms with Crippen molar-refractivity contribution in [2.24, 2.45) is 7.05 Å². The summed E-state index contributed by atoms with van der Waals surface area (Å²) in [4.78, 5) is 13.1. The lowest BCUT2D eigenvalue weighted by Crippen LogP contribution is -2.14. The molecule has 0 bridgehead atoms. The SMILES string of the molecule is CN(C)c1c(C=O)c2ccccc2n1C. The molecule has 0 spiro atoms. The van der Waals surface area contributed by atoms with Gasteiger partial charge in [-0.05, 0) is 6.07 Å². The van der Waals surface area contributed by atoms with Crippen molar-refractivity contribution in [2.45, 2.75) is 0 Å². The Morgan fingerprint density at radius 2 is 1.93 bits per heavy atom. The van der Waals surface area contributed by atoms with Crippen LogP contribution in [0.3, 0.4) is 0 Å². The molecule has 3 nitrogen and oxygen atoms in total. The summed E-state index contributed by atoms with van der Waals surface area (Å²) in [6, 6.07) is 7.94. The van der Waals surface area contributed by atoms with Gasteiger partial charge in [-0.15, -0.1) is 0 Å². The van der Waals surface area contributed by atoms with Gasteiger partial charge in [0.2, 0.25) is 0 Å². The standard InChI is InChI=1S/C12H14N2O/c1-13(2)12-10(8-15)9-6-4-5-7-11(9)14(12)3/h4-8H,1-3H3. The molecule has 0 saturated carbocycles. The average molecular weight is 202 g/mol. The van der Waals surface area contributed by atoms with Crippen molar-refractivity contribution < 1.29 is 4.79 Å². The maximum Gasteiger partial charge on any atom is 0.154 e. The number of carbonyl (C=O) groups excluding carboxylic acids is 1. The van der Waals surface area contributed by atoms with Crippen LogP contribution in [0.15, 0.2) is 24.3 Å². The van der Waals surface area contributed by atoms with Gasteiger partial charge < -0.3 is 9.47 Å². The van der Waals surface area contributed by atoms with Gasteiger partial charge in [-0.3, -0.25) is 4.79 Å². The molecule has 0 atom stereocenters. The Bertz CT molecular complexity index is 512. The van der Waals surface area contributed by atoms with E-state index < -0.39 is 0 Å². The largest absolute Gasteiger partial charge is 0.364 e. The van der Waals surface area contributed by atoms with Gasteiger partial charge in [-0.25, -0.2) is 0 Å². The van der Waals surface area contributed by atoms with Gasteiger partial charge in [0.15, 0.2) is 6.29 Å². The zero-order valence-corrected chi connectivity index (χ0v) is 9.19. The highest BCUT2D eigenvalue weighted by Crippen LogP contribution is 2.29. The van der Waals surface area contributed by atoms with E-state index in [1.165, 1.54) is 0 Å². The molecule has 1 aromatic carbocycles. The number of benzene rings is 1. The molecule has 0 aliphatic carbocycles. The Hall–Kier alpha value is -1.77. The smallest absolute Gasteiger partial charge is 0.154 e. The second kappa shape index (κ2) is 3.42. The lowest BCUT2D eigenvalue weighted by Gasteiger charge is -2.14. The maximum atomic E-state index is 11.1. The van der Waals surface area contributed by atoms with Gasteiger partial charge >= 0.3 is 0 Å². The lowest BCUT2D eigenvalue weighted by molar-refractivity contribution is 0.112. The summed E-state index contributed by atoms with van der Waals surface area (Å²) in [5.41, 5.74) is 1.85. The fraction of sp³-hybridized carbons (Fsp3) is 0.250. The summed E-state index contributed by atoms with van der Waals surface area (Å²) >= 11 is 0. The fourth-order valence-electron chi connectivity index (χ4n) is 2.07. The Kier molecular flexibility index (Phi) is 2.23. The highest BCUT2D eigenvalue weighted by molar-refractivity contribution is 6.03. The lowest BCUT2D eigenvalue weighted by atomic mass is 10.2. The topological polar surface area (TPSA) is 25.2 Å². The second-order valence-corrected chi connectivity index (χ2v) is 3.83. The summed E-state index contributed by atoms with van der Waals surface area (Å²) in [7, 11) is 5.87. The van der Waals surface area contributed by atoms with Crippen molar-refractivity contribution in [2.75, 3.05) is 19.0 Å². The third-order valence-electron chi connectivity index (χ3n) is 2.66. The first-order chi connectivity index (χ1) is 7.16. The predicted molar refractivity (Wildman–Crippen MR) is 62.6 cm³/mol. The zero-order chi connectivity index (χ0) is 11.0. The van der Waals surface area contributed by atoms with Crippen LogP contribution < -0.4 is 4.90 Å². The van der Waals surface area contributed by atoms with Crippen LogP contribution in [0, 0.1) is 0 Å². The first-order valence-corrected chi connectivity index (χ1v) is 4.86. The number of aromatic nitrogens is 1. The van der Waals surface area contributed by atoms with Crippen molar-refractivity contribution in [3.63, 3.8) is 0 Å². The molecule has 1 aromatic heterocycles. The van der Waals surface area contributed by atoms with Crippen LogP contribution in [0.1, 0.15) is 10.4 Å². The molecule has 2 rings (SSSR count). The number of hydrogen-bond donors (Lipinski definition) is 0. The van der Waals surface area contributed by atoms with Crippen LogP contribution in [-0.4, -0.2) is 24.9 Å². The van der Waals surface area contributed by atoms with Crippen LogP contribution in [-0.2, 0) is 7.05 Å². The molecule has 1 heterocycles. The molecule has 15 heavy (non-hydrogen) atoms. The van der Waals surface area contributed by atoms with Gasteiger partial charge in [0.25, 0.3) is 0 Å². The summed E-state index contributed by atoms with van der Waals surface area (Å²) in [5, 5.41) is 1.01. The maximum absolute atomic E-state index is 11.1. The molecule has 0 N–H and O–H groups in total. The van der Waals surface area contributed by atoms with Crippen LogP contribution in [0.5, 0.6) is 0 Å². The average Bonchev–Trinajstić information content (AvgIpc) is 2.52. The molecule has 3 heteroatoms. The minimum Gasteiger partial charge on any atom is -0.364 e. The number of anilines is 1. The van der Waals surface area contributed by atoms with Gasteiger partial charge in [0, 0.05) is 26.5 Å². The van der Waals surface area contributed by atoms with Crippen LogP contribution in [0.4, 0.5) is 5.82 Å². The number of aryl methyl sites for hydroxylation is 1. The quantitative estimate of drug-likeness (QED) is 0.696. The van der Waals surface area contributed by atoms with Crippen LogP contribution in [0.2, 0.25) is 0 Å². The van der Waals surface area contributed by atoms with E-state index in [4.69, 9.17) is 0 Å². The highest BCUT2D eigenvalue weighted by Gasteiger charge is 2.14. The zero-order valence-electron chi connectivity index (χ0n) is 9.19. The van der Waals surface area contributed by atoms with E-state index in [9.17, 15) is 4.79 Å². The van der Waals surface area contributed by atoms with Crippen molar-refractivity contribution >= 4 is 23.0 Å². The number of fused-ring (bicyclic) bond motifs is 1. The van der Waals surface area contributed by atoms with Crippen LogP contribution >= 0.6 is 0 Å². The van der Waals surface area contributed by atoms with Crippen molar-refractivity contribution in [3.8, 4) is 0 Å². The van der Waals surface area contributed by atoms with E-state index in [1.54, 1.807) is 0 Å². The van der Waals surface area contributed by atoms with E-state index in [0.29, 0.717) is 0 Å². The summed E-state index contributed by atoms with van der Waals surface area (Å²) in [5.74, 6) is 0.950. The monoisotopic (exact) mass is 202 g/mol.